The van der Waals surface area contributed by atoms with Crippen LogP contribution in [0.15, 0.2) is 24.3 Å². The number of nitrogens with one attached hydrogen (secondary N) is 1. The van der Waals surface area contributed by atoms with E-state index in [4.69, 9.17) is 0 Å². The quantitative estimate of drug-likeness (QED) is 0.516. The number of benzene rings is 1. The van der Waals surface area contributed by atoms with Crippen LogP contribution in [-0.2, 0) is 17.6 Å². The van der Waals surface area contributed by atoms with Crippen LogP contribution in [0, 0.1) is 0 Å². The van der Waals surface area contributed by atoms with Crippen LogP contribution in [0.4, 0.5) is 26.3 Å². The molecule has 1 rings (SSSR count). The first-order valence-corrected chi connectivity index (χ1v) is 4.76. The number of alkyl halides is 6. The summed E-state index contributed by atoms with van der Waals surface area (Å²) >= 11 is 0. The Bertz CT molecular complexity index is 387. The standard InChI is InChI=1S/C10H9F6NO/c11-9(12,13)6-18-17-5-7-3-1-2-4-8(7)10(14,15)16/h1-4,17H,5-6H2. The average molecular weight is 273 g/mol. The van der Waals surface area contributed by atoms with Gasteiger partial charge in [-0.3, -0.25) is 4.84 Å². The minimum atomic E-state index is -4.55. The highest BCUT2D eigenvalue weighted by Crippen LogP contribution is 2.31. The molecule has 0 radical (unpaired) electrons. The van der Waals surface area contributed by atoms with Gasteiger partial charge in [0, 0.05) is 6.54 Å². The molecule has 0 atom stereocenters. The zero-order valence-electron chi connectivity index (χ0n) is 8.90. The number of hydroxylamine groups is 1. The molecule has 18 heavy (non-hydrogen) atoms. The van der Waals surface area contributed by atoms with E-state index in [1.165, 1.54) is 12.1 Å². The van der Waals surface area contributed by atoms with Crippen LogP contribution >= 0.6 is 0 Å². The number of rotatable bonds is 4. The van der Waals surface area contributed by atoms with Gasteiger partial charge in [0.05, 0.1) is 5.56 Å². The summed E-state index contributed by atoms with van der Waals surface area (Å²) in [6.07, 6.45) is -9.08. The molecule has 1 N–H and O–H groups in total. The summed E-state index contributed by atoms with van der Waals surface area (Å²) < 4.78 is 72.6. The van der Waals surface area contributed by atoms with Crippen molar-refractivity contribution in [3.63, 3.8) is 0 Å². The van der Waals surface area contributed by atoms with Gasteiger partial charge in [0.2, 0.25) is 0 Å². The van der Waals surface area contributed by atoms with Crippen molar-refractivity contribution in [3.8, 4) is 0 Å². The summed E-state index contributed by atoms with van der Waals surface area (Å²) in [5, 5.41) is 0. The molecule has 8 heteroatoms. The van der Waals surface area contributed by atoms with Gasteiger partial charge < -0.3 is 0 Å². The SMILES string of the molecule is FC(F)(F)CONCc1ccccc1C(F)(F)F. The minimum absolute atomic E-state index is 0.188. The van der Waals surface area contributed by atoms with Crippen LogP contribution in [0.1, 0.15) is 11.1 Å². The molecule has 0 saturated carbocycles. The van der Waals surface area contributed by atoms with E-state index in [0.29, 0.717) is 0 Å². The first-order chi connectivity index (χ1) is 8.20. The van der Waals surface area contributed by atoms with Gasteiger partial charge in [0.25, 0.3) is 0 Å². The normalized spacial score (nSPS) is 12.8. The Labute approximate surface area is 98.5 Å². The van der Waals surface area contributed by atoms with E-state index in [1.54, 1.807) is 0 Å². The van der Waals surface area contributed by atoms with Gasteiger partial charge in [-0.25, -0.2) is 0 Å². The molecule has 1 aromatic carbocycles. The van der Waals surface area contributed by atoms with Crippen LogP contribution < -0.4 is 5.48 Å². The van der Waals surface area contributed by atoms with Crippen molar-refractivity contribution in [2.45, 2.75) is 18.9 Å². The number of hydrogen-bond donors (Lipinski definition) is 1. The van der Waals surface area contributed by atoms with Crippen molar-refractivity contribution in [1.29, 1.82) is 0 Å². The van der Waals surface area contributed by atoms with Crippen molar-refractivity contribution in [2.75, 3.05) is 6.61 Å². The van der Waals surface area contributed by atoms with Crippen molar-refractivity contribution in [1.82, 2.24) is 5.48 Å². The molecular formula is C10H9F6NO. The Hall–Kier alpha value is -1.28. The van der Waals surface area contributed by atoms with E-state index >= 15 is 0 Å². The highest BCUT2D eigenvalue weighted by Gasteiger charge is 2.33. The molecule has 2 nitrogen and oxygen atoms in total. The van der Waals surface area contributed by atoms with E-state index in [2.05, 4.69) is 4.84 Å². The molecule has 1 aromatic rings. The third-order valence-corrected chi connectivity index (χ3v) is 1.92. The zero-order chi connectivity index (χ0) is 13.8. The maximum atomic E-state index is 12.5. The summed E-state index contributed by atoms with van der Waals surface area (Å²) in [7, 11) is 0. The number of halogens is 6. The fraction of sp³-hybridized carbons (Fsp3) is 0.400. The monoisotopic (exact) mass is 273 g/mol. The highest BCUT2D eigenvalue weighted by molar-refractivity contribution is 5.29. The maximum absolute atomic E-state index is 12.5. The largest absolute Gasteiger partial charge is 0.416 e. The molecule has 0 unspecified atom stereocenters. The smallest absolute Gasteiger partial charge is 0.292 e. The van der Waals surface area contributed by atoms with Crippen molar-refractivity contribution >= 4 is 0 Å². The zero-order valence-corrected chi connectivity index (χ0v) is 8.90. The van der Waals surface area contributed by atoms with Gasteiger partial charge >= 0.3 is 12.4 Å². The van der Waals surface area contributed by atoms with Gasteiger partial charge in [0.1, 0.15) is 0 Å². The van der Waals surface area contributed by atoms with E-state index < -0.39 is 31.1 Å². The molecule has 0 amide bonds. The van der Waals surface area contributed by atoms with Crippen LogP contribution in [0.2, 0.25) is 0 Å². The van der Waals surface area contributed by atoms with Crippen LogP contribution in [0.25, 0.3) is 0 Å². The Kier molecular flexibility index (Phi) is 4.58. The van der Waals surface area contributed by atoms with Crippen molar-refractivity contribution < 1.29 is 31.2 Å². The Morgan fingerprint density at radius 3 is 2.17 bits per heavy atom. The molecule has 0 bridgehead atoms. The fourth-order valence-electron chi connectivity index (χ4n) is 1.21. The number of hydrogen-bond acceptors (Lipinski definition) is 2. The predicted molar refractivity (Wildman–Crippen MR) is 50.3 cm³/mol. The molecule has 0 saturated heterocycles. The fourth-order valence-corrected chi connectivity index (χ4v) is 1.21. The lowest BCUT2D eigenvalue weighted by Crippen LogP contribution is -2.25. The van der Waals surface area contributed by atoms with Crippen molar-refractivity contribution in [3.05, 3.63) is 35.4 Å². The lowest BCUT2D eigenvalue weighted by molar-refractivity contribution is -0.190. The summed E-state index contributed by atoms with van der Waals surface area (Å²) in [6.45, 7) is -2.03. The molecule has 0 spiro atoms. The van der Waals surface area contributed by atoms with Gasteiger partial charge in [-0.2, -0.15) is 31.8 Å². The van der Waals surface area contributed by atoms with Gasteiger partial charge in [0.15, 0.2) is 6.61 Å². The summed E-state index contributed by atoms with van der Waals surface area (Å²) in [6, 6.07) is 4.56. The van der Waals surface area contributed by atoms with Crippen LogP contribution in [0.5, 0.6) is 0 Å². The summed E-state index contributed by atoms with van der Waals surface area (Å²) in [4.78, 5) is 4.03. The second-order valence-corrected chi connectivity index (χ2v) is 3.38. The lowest BCUT2D eigenvalue weighted by atomic mass is 10.1. The van der Waals surface area contributed by atoms with E-state index in [0.717, 1.165) is 12.1 Å². The maximum Gasteiger partial charge on any atom is 0.416 e. The minimum Gasteiger partial charge on any atom is -0.292 e. The summed E-state index contributed by atoms with van der Waals surface area (Å²) in [5.41, 5.74) is 0.754. The van der Waals surface area contributed by atoms with E-state index in [1.807, 2.05) is 5.48 Å². The van der Waals surface area contributed by atoms with Crippen LogP contribution in [-0.4, -0.2) is 12.8 Å². The lowest BCUT2D eigenvalue weighted by Gasteiger charge is -2.13. The summed E-state index contributed by atoms with van der Waals surface area (Å²) in [5.74, 6) is 0. The second kappa shape index (κ2) is 5.57. The van der Waals surface area contributed by atoms with Gasteiger partial charge in [-0.1, -0.05) is 18.2 Å². The molecule has 0 aliphatic rings. The highest BCUT2D eigenvalue weighted by atomic mass is 19.4. The Morgan fingerprint density at radius 2 is 1.61 bits per heavy atom. The van der Waals surface area contributed by atoms with E-state index in [-0.39, 0.29) is 5.56 Å². The van der Waals surface area contributed by atoms with Crippen LogP contribution in [0.3, 0.4) is 0 Å². The van der Waals surface area contributed by atoms with Gasteiger partial charge in [-0.05, 0) is 11.6 Å². The van der Waals surface area contributed by atoms with Crippen molar-refractivity contribution in [2.24, 2.45) is 0 Å². The molecule has 0 aliphatic heterocycles. The first kappa shape index (κ1) is 14.8. The molecule has 0 aliphatic carbocycles. The Morgan fingerprint density at radius 1 is 1.00 bits per heavy atom. The topological polar surface area (TPSA) is 21.3 Å². The third-order valence-electron chi connectivity index (χ3n) is 1.92. The molecule has 0 heterocycles. The molecular weight excluding hydrogens is 264 g/mol. The van der Waals surface area contributed by atoms with E-state index in [9.17, 15) is 26.3 Å². The third kappa shape index (κ3) is 4.92. The average Bonchev–Trinajstić information content (AvgIpc) is 2.22. The van der Waals surface area contributed by atoms with Gasteiger partial charge in [-0.15, -0.1) is 0 Å². The second-order valence-electron chi connectivity index (χ2n) is 3.38. The predicted octanol–water partition coefficient (Wildman–Crippen LogP) is 3.29. The molecule has 0 fully saturated rings. The molecule has 102 valence electrons. The molecule has 0 aromatic heterocycles. The Balaban J connectivity index is 2.58. The first-order valence-electron chi connectivity index (χ1n) is 4.76.